The van der Waals surface area contributed by atoms with Gasteiger partial charge in [-0.15, -0.1) is 11.8 Å². The number of hydrogen-bond donors (Lipinski definition) is 0. The van der Waals surface area contributed by atoms with E-state index in [2.05, 4.69) is 0 Å². The minimum absolute atomic E-state index is 0.0398. The number of amides is 1. The van der Waals surface area contributed by atoms with Crippen molar-refractivity contribution in [1.29, 1.82) is 0 Å². The van der Waals surface area contributed by atoms with Crippen LogP contribution in [0.3, 0.4) is 0 Å². The summed E-state index contributed by atoms with van der Waals surface area (Å²) >= 11 is 1.63. The molecule has 1 aliphatic rings. The number of ether oxygens (including phenoxy) is 1. The van der Waals surface area contributed by atoms with Crippen LogP contribution in [0, 0.1) is 0 Å². The van der Waals surface area contributed by atoms with Crippen molar-refractivity contribution >= 4 is 39.6 Å². The van der Waals surface area contributed by atoms with Gasteiger partial charge in [-0.3, -0.25) is 4.79 Å². The Labute approximate surface area is 158 Å². The third-order valence-corrected chi connectivity index (χ3v) is 6.77. The number of carbonyl (C=O) groups is 2. The average molecular weight is 398 g/mol. The predicted octanol–water partition coefficient (Wildman–Crippen LogP) is 2.00. The molecule has 1 aromatic rings. The van der Waals surface area contributed by atoms with Crippen LogP contribution < -0.4 is 0 Å². The Morgan fingerprint density at radius 1 is 1.31 bits per heavy atom. The Bertz CT molecular complexity index is 786. The molecule has 2 rings (SSSR count). The molecule has 142 valence electrons. The molecule has 0 aliphatic carbocycles. The van der Waals surface area contributed by atoms with Crippen LogP contribution in [0.5, 0.6) is 0 Å². The van der Waals surface area contributed by atoms with Gasteiger partial charge in [0, 0.05) is 24.1 Å². The molecule has 0 unspecified atom stereocenters. The standard InChI is InChI=1S/C18H23NO5S2/c1-13(18(21)19(2)15-10-11-26(22,23)12-15)24-17(20)9-6-14-4-7-16(25-3)8-5-14/h4-9,13,15H,10-12H2,1-3H3/b9-6+/t13-,15-/m1/s1. The van der Waals surface area contributed by atoms with Crippen molar-refractivity contribution in [1.82, 2.24) is 4.90 Å². The second-order valence-electron chi connectivity index (χ2n) is 6.19. The maximum Gasteiger partial charge on any atom is 0.331 e. The molecule has 1 aromatic carbocycles. The Balaban J connectivity index is 1.89. The SMILES string of the molecule is CSc1ccc(/C=C/C(=O)O[C@H](C)C(=O)N(C)[C@@H]2CCS(=O)(=O)C2)cc1. The van der Waals surface area contributed by atoms with Crippen molar-refractivity contribution < 1.29 is 22.7 Å². The van der Waals surface area contributed by atoms with Crippen LogP contribution in [-0.4, -0.2) is 62.1 Å². The highest BCUT2D eigenvalue weighted by Gasteiger charge is 2.34. The van der Waals surface area contributed by atoms with E-state index < -0.39 is 27.8 Å². The molecular formula is C18H23NO5S2. The summed E-state index contributed by atoms with van der Waals surface area (Å²) in [6.45, 7) is 1.49. The average Bonchev–Trinajstić information content (AvgIpc) is 2.98. The number of benzene rings is 1. The molecule has 0 spiro atoms. The first kappa shape index (κ1) is 20.5. The molecule has 0 radical (unpaired) electrons. The topological polar surface area (TPSA) is 80.8 Å². The zero-order valence-electron chi connectivity index (χ0n) is 15.0. The maximum atomic E-state index is 12.3. The molecule has 2 atom stereocenters. The summed E-state index contributed by atoms with van der Waals surface area (Å²) in [6.07, 6.45) is 4.32. The fourth-order valence-corrected chi connectivity index (χ4v) is 4.87. The van der Waals surface area contributed by atoms with E-state index in [1.807, 2.05) is 30.5 Å². The van der Waals surface area contributed by atoms with Crippen LogP contribution in [-0.2, 0) is 24.2 Å². The predicted molar refractivity (Wildman–Crippen MR) is 103 cm³/mol. The van der Waals surface area contributed by atoms with Crippen LogP contribution in [0.15, 0.2) is 35.2 Å². The summed E-state index contributed by atoms with van der Waals surface area (Å²) in [5.41, 5.74) is 0.854. The van der Waals surface area contributed by atoms with Crippen LogP contribution in [0.1, 0.15) is 18.9 Å². The number of nitrogens with zero attached hydrogens (tertiary/aromatic N) is 1. The Morgan fingerprint density at radius 2 is 1.96 bits per heavy atom. The minimum atomic E-state index is -3.08. The number of rotatable bonds is 6. The summed E-state index contributed by atoms with van der Waals surface area (Å²) in [5, 5.41) is 0. The van der Waals surface area contributed by atoms with Crippen LogP contribution in [0.25, 0.3) is 6.08 Å². The number of carbonyl (C=O) groups excluding carboxylic acids is 2. The fourth-order valence-electron chi connectivity index (χ4n) is 2.69. The summed E-state index contributed by atoms with van der Waals surface area (Å²) in [5.74, 6) is -0.978. The molecule has 1 amide bonds. The summed E-state index contributed by atoms with van der Waals surface area (Å²) in [6, 6.07) is 7.31. The first-order valence-corrected chi connectivity index (χ1v) is 11.3. The highest BCUT2D eigenvalue weighted by Crippen LogP contribution is 2.18. The van der Waals surface area contributed by atoms with Gasteiger partial charge >= 0.3 is 5.97 Å². The molecule has 1 heterocycles. The van der Waals surface area contributed by atoms with Gasteiger partial charge in [-0.2, -0.15) is 0 Å². The maximum absolute atomic E-state index is 12.3. The second kappa shape index (κ2) is 8.73. The Morgan fingerprint density at radius 3 is 2.50 bits per heavy atom. The van der Waals surface area contributed by atoms with E-state index in [0.29, 0.717) is 6.42 Å². The van der Waals surface area contributed by atoms with Gasteiger partial charge in [-0.05, 0) is 43.4 Å². The van der Waals surface area contributed by atoms with Crippen LogP contribution in [0.2, 0.25) is 0 Å². The molecule has 6 nitrogen and oxygen atoms in total. The lowest BCUT2D eigenvalue weighted by Gasteiger charge is -2.26. The largest absolute Gasteiger partial charge is 0.449 e. The number of hydrogen-bond acceptors (Lipinski definition) is 6. The lowest BCUT2D eigenvalue weighted by Crippen LogP contribution is -2.44. The van der Waals surface area contributed by atoms with Gasteiger partial charge in [0.2, 0.25) is 0 Å². The van der Waals surface area contributed by atoms with E-state index in [4.69, 9.17) is 4.74 Å². The Kier molecular flexibility index (Phi) is 6.88. The smallest absolute Gasteiger partial charge is 0.331 e. The lowest BCUT2D eigenvalue weighted by molar-refractivity contribution is -0.155. The van der Waals surface area contributed by atoms with E-state index in [1.165, 1.54) is 17.9 Å². The van der Waals surface area contributed by atoms with Crippen molar-refractivity contribution in [3.8, 4) is 0 Å². The number of likely N-dealkylation sites (N-methyl/N-ethyl adjacent to an activating group) is 1. The number of thioether (sulfide) groups is 1. The normalized spacial score (nSPS) is 20.0. The molecule has 0 bridgehead atoms. The van der Waals surface area contributed by atoms with E-state index >= 15 is 0 Å². The highest BCUT2D eigenvalue weighted by atomic mass is 32.2. The minimum Gasteiger partial charge on any atom is -0.449 e. The molecule has 1 fully saturated rings. The zero-order chi connectivity index (χ0) is 19.3. The van der Waals surface area contributed by atoms with Crippen molar-refractivity contribution in [2.24, 2.45) is 0 Å². The van der Waals surface area contributed by atoms with Crippen molar-refractivity contribution in [3.05, 3.63) is 35.9 Å². The zero-order valence-corrected chi connectivity index (χ0v) is 16.7. The fraction of sp³-hybridized carbons (Fsp3) is 0.444. The van der Waals surface area contributed by atoms with Crippen molar-refractivity contribution in [3.63, 3.8) is 0 Å². The van der Waals surface area contributed by atoms with Gasteiger partial charge in [0.1, 0.15) is 0 Å². The van der Waals surface area contributed by atoms with E-state index in [0.717, 1.165) is 10.5 Å². The van der Waals surface area contributed by atoms with Gasteiger partial charge in [-0.25, -0.2) is 13.2 Å². The molecular weight excluding hydrogens is 374 g/mol. The van der Waals surface area contributed by atoms with Crippen molar-refractivity contribution in [2.45, 2.75) is 30.4 Å². The molecule has 0 N–H and O–H groups in total. The van der Waals surface area contributed by atoms with Gasteiger partial charge in [-0.1, -0.05) is 12.1 Å². The quantitative estimate of drug-likeness (QED) is 0.415. The molecule has 0 saturated carbocycles. The second-order valence-corrected chi connectivity index (χ2v) is 9.30. The number of sulfone groups is 1. The van der Waals surface area contributed by atoms with E-state index in [-0.39, 0.29) is 17.5 Å². The summed E-state index contributed by atoms with van der Waals surface area (Å²) < 4.78 is 28.2. The number of esters is 1. The molecule has 8 heteroatoms. The highest BCUT2D eigenvalue weighted by molar-refractivity contribution is 7.98. The molecule has 1 saturated heterocycles. The first-order valence-electron chi connectivity index (χ1n) is 8.21. The monoisotopic (exact) mass is 397 g/mol. The third kappa shape index (κ3) is 5.60. The molecule has 0 aromatic heterocycles. The molecule has 1 aliphatic heterocycles. The van der Waals surface area contributed by atoms with Crippen LogP contribution >= 0.6 is 11.8 Å². The van der Waals surface area contributed by atoms with Gasteiger partial charge < -0.3 is 9.64 Å². The van der Waals surface area contributed by atoms with Gasteiger partial charge in [0.25, 0.3) is 5.91 Å². The first-order chi connectivity index (χ1) is 12.2. The Hall–Kier alpha value is -1.80. The van der Waals surface area contributed by atoms with Crippen LogP contribution in [0.4, 0.5) is 0 Å². The summed E-state index contributed by atoms with van der Waals surface area (Å²) in [4.78, 5) is 26.8. The lowest BCUT2D eigenvalue weighted by atomic mass is 10.2. The van der Waals surface area contributed by atoms with Gasteiger partial charge in [0.15, 0.2) is 15.9 Å². The molecule has 26 heavy (non-hydrogen) atoms. The van der Waals surface area contributed by atoms with E-state index in [9.17, 15) is 18.0 Å². The summed E-state index contributed by atoms with van der Waals surface area (Å²) in [7, 11) is -1.54. The third-order valence-electron chi connectivity index (χ3n) is 4.27. The van der Waals surface area contributed by atoms with Gasteiger partial charge in [0.05, 0.1) is 11.5 Å². The van der Waals surface area contributed by atoms with Crippen molar-refractivity contribution in [2.75, 3.05) is 24.8 Å². The van der Waals surface area contributed by atoms with E-state index in [1.54, 1.807) is 24.9 Å².